The van der Waals surface area contributed by atoms with Gasteiger partial charge >= 0.3 is 0 Å². The molecule has 132 valence electrons. The molecule has 3 rings (SSSR count). The predicted octanol–water partition coefficient (Wildman–Crippen LogP) is 3.34. The van der Waals surface area contributed by atoms with Crippen molar-refractivity contribution >= 4 is 40.2 Å². The van der Waals surface area contributed by atoms with Crippen molar-refractivity contribution in [2.75, 3.05) is 18.8 Å². The Bertz CT molecular complexity index is 865. The zero-order chi connectivity index (χ0) is 17.8. The second-order valence-electron chi connectivity index (χ2n) is 5.95. The average molecular weight is 378 g/mol. The maximum Gasteiger partial charge on any atom is 0.262 e. The van der Waals surface area contributed by atoms with Crippen molar-refractivity contribution in [3.63, 3.8) is 0 Å². The lowest BCUT2D eigenvalue weighted by Crippen LogP contribution is -2.26. The molecule has 0 bridgehead atoms. The minimum Gasteiger partial charge on any atom is -0.343 e. The highest BCUT2D eigenvalue weighted by atomic mass is 35.5. The van der Waals surface area contributed by atoms with E-state index in [1.54, 1.807) is 28.8 Å². The van der Waals surface area contributed by atoms with E-state index in [1.807, 2.05) is 4.90 Å². The molecule has 0 saturated carbocycles. The summed E-state index contributed by atoms with van der Waals surface area (Å²) in [5.74, 6) is 1.03. The molecule has 1 fully saturated rings. The summed E-state index contributed by atoms with van der Waals surface area (Å²) in [6.07, 6.45) is 4.18. The van der Waals surface area contributed by atoms with E-state index in [2.05, 4.69) is 11.6 Å². The fourth-order valence-electron chi connectivity index (χ4n) is 2.93. The first kappa shape index (κ1) is 18.0. The molecule has 0 aliphatic carbocycles. The van der Waals surface area contributed by atoms with Crippen molar-refractivity contribution in [3.05, 3.63) is 46.2 Å². The van der Waals surface area contributed by atoms with E-state index in [0.29, 0.717) is 34.0 Å². The van der Waals surface area contributed by atoms with Crippen molar-refractivity contribution in [1.29, 1.82) is 0 Å². The number of carbonyl (C=O) groups is 1. The Morgan fingerprint density at radius 3 is 2.92 bits per heavy atom. The Morgan fingerprint density at radius 1 is 1.36 bits per heavy atom. The Balaban J connectivity index is 1.76. The van der Waals surface area contributed by atoms with E-state index in [9.17, 15) is 9.59 Å². The Kier molecular flexibility index (Phi) is 5.81. The lowest BCUT2D eigenvalue weighted by Gasteiger charge is -2.15. The first-order valence-electron chi connectivity index (χ1n) is 8.31. The van der Waals surface area contributed by atoms with Crippen LogP contribution in [0, 0.1) is 0 Å². The van der Waals surface area contributed by atoms with Gasteiger partial charge in [0.05, 0.1) is 10.9 Å². The molecule has 1 amide bonds. The maximum absolute atomic E-state index is 12.7. The summed E-state index contributed by atoms with van der Waals surface area (Å²) in [5, 5.41) is 1.77. The Hall–Kier alpha value is -1.79. The normalized spacial score (nSPS) is 14.4. The fourth-order valence-corrected chi connectivity index (χ4v) is 4.03. The van der Waals surface area contributed by atoms with Crippen LogP contribution in [0.25, 0.3) is 10.9 Å². The van der Waals surface area contributed by atoms with Gasteiger partial charge in [-0.15, -0.1) is 6.58 Å². The van der Waals surface area contributed by atoms with Crippen LogP contribution in [-0.2, 0) is 11.3 Å². The molecular weight excluding hydrogens is 358 g/mol. The summed E-state index contributed by atoms with van der Waals surface area (Å²) in [6.45, 7) is 5.76. The van der Waals surface area contributed by atoms with Gasteiger partial charge in [-0.2, -0.15) is 0 Å². The molecule has 1 aliphatic rings. The predicted molar refractivity (Wildman–Crippen MR) is 102 cm³/mol. The van der Waals surface area contributed by atoms with Gasteiger partial charge in [0.15, 0.2) is 5.16 Å². The number of allylic oxidation sites excluding steroid dienone is 1. The molecule has 0 spiro atoms. The van der Waals surface area contributed by atoms with Gasteiger partial charge in [-0.05, 0) is 31.0 Å². The lowest BCUT2D eigenvalue weighted by molar-refractivity contribution is -0.127. The van der Waals surface area contributed by atoms with Crippen molar-refractivity contribution in [1.82, 2.24) is 14.5 Å². The number of likely N-dealkylation sites (tertiary alicyclic amines) is 1. The van der Waals surface area contributed by atoms with Gasteiger partial charge in [0.25, 0.3) is 5.56 Å². The number of benzene rings is 1. The van der Waals surface area contributed by atoms with Gasteiger partial charge in [-0.1, -0.05) is 29.4 Å². The largest absolute Gasteiger partial charge is 0.343 e. The van der Waals surface area contributed by atoms with Crippen LogP contribution >= 0.6 is 23.4 Å². The molecular formula is C18H20ClN3O2S. The summed E-state index contributed by atoms with van der Waals surface area (Å²) < 4.78 is 1.63. The van der Waals surface area contributed by atoms with Crippen LogP contribution in [0.3, 0.4) is 0 Å². The minimum atomic E-state index is -0.0845. The molecule has 5 nitrogen and oxygen atoms in total. The molecule has 0 atom stereocenters. The molecule has 25 heavy (non-hydrogen) atoms. The number of halogens is 1. The number of hydrogen-bond acceptors (Lipinski definition) is 4. The summed E-state index contributed by atoms with van der Waals surface area (Å²) >= 11 is 7.56. The molecule has 0 unspecified atom stereocenters. The van der Waals surface area contributed by atoms with E-state index in [4.69, 9.17) is 11.6 Å². The highest BCUT2D eigenvalue weighted by molar-refractivity contribution is 7.99. The highest BCUT2D eigenvalue weighted by Gasteiger charge is 2.19. The standard InChI is InChI=1S/C18H20ClN3O2S/c1-2-8-22-17(24)14-7-6-13(19)12-15(14)20-18(22)25-11-4-10-21-9-3-5-16(21)23/h2,6-7,12H,1,3-5,8-11H2. The zero-order valence-electron chi connectivity index (χ0n) is 13.9. The number of nitrogens with zero attached hydrogens (tertiary/aromatic N) is 3. The number of hydrogen-bond donors (Lipinski definition) is 0. The van der Waals surface area contributed by atoms with Gasteiger partial charge in [-0.25, -0.2) is 4.98 Å². The van der Waals surface area contributed by atoms with Gasteiger partial charge < -0.3 is 4.90 Å². The Labute approximate surface area is 155 Å². The summed E-state index contributed by atoms with van der Waals surface area (Å²) in [6, 6.07) is 5.12. The number of aromatic nitrogens is 2. The summed E-state index contributed by atoms with van der Waals surface area (Å²) in [4.78, 5) is 30.9. The number of fused-ring (bicyclic) bond motifs is 1. The molecule has 2 heterocycles. The third-order valence-corrected chi connectivity index (χ3v) is 5.47. The van der Waals surface area contributed by atoms with Crippen LogP contribution in [-0.4, -0.2) is 39.2 Å². The van der Waals surface area contributed by atoms with Crippen LogP contribution in [0.4, 0.5) is 0 Å². The fraction of sp³-hybridized carbons (Fsp3) is 0.389. The quantitative estimate of drug-likeness (QED) is 0.321. The van der Waals surface area contributed by atoms with E-state index < -0.39 is 0 Å². The van der Waals surface area contributed by atoms with E-state index in [-0.39, 0.29) is 11.5 Å². The smallest absolute Gasteiger partial charge is 0.262 e. The first-order chi connectivity index (χ1) is 12.1. The van der Waals surface area contributed by atoms with Crippen molar-refractivity contribution in [3.8, 4) is 0 Å². The van der Waals surface area contributed by atoms with Crippen LogP contribution < -0.4 is 5.56 Å². The van der Waals surface area contributed by atoms with Gasteiger partial charge in [-0.3, -0.25) is 14.2 Å². The molecule has 1 aliphatic heterocycles. The molecule has 2 aromatic rings. The number of thioether (sulfide) groups is 1. The molecule has 0 N–H and O–H groups in total. The van der Waals surface area contributed by atoms with E-state index in [0.717, 1.165) is 31.7 Å². The Morgan fingerprint density at radius 2 is 2.20 bits per heavy atom. The number of amides is 1. The SMILES string of the molecule is C=CCn1c(SCCCN2CCCC2=O)nc2cc(Cl)ccc2c1=O. The van der Waals surface area contributed by atoms with Crippen LogP contribution in [0.15, 0.2) is 40.8 Å². The molecule has 7 heteroatoms. The zero-order valence-corrected chi connectivity index (χ0v) is 15.5. The second kappa shape index (κ2) is 8.06. The maximum atomic E-state index is 12.7. The summed E-state index contributed by atoms with van der Waals surface area (Å²) in [7, 11) is 0. The van der Waals surface area contributed by atoms with Crippen molar-refractivity contribution in [2.45, 2.75) is 31.0 Å². The van der Waals surface area contributed by atoms with Crippen LogP contribution in [0.1, 0.15) is 19.3 Å². The lowest BCUT2D eigenvalue weighted by atomic mass is 10.2. The van der Waals surface area contributed by atoms with Crippen molar-refractivity contribution in [2.24, 2.45) is 0 Å². The van der Waals surface area contributed by atoms with E-state index >= 15 is 0 Å². The van der Waals surface area contributed by atoms with Crippen LogP contribution in [0.5, 0.6) is 0 Å². The van der Waals surface area contributed by atoms with Gasteiger partial charge in [0, 0.05) is 36.8 Å². The van der Waals surface area contributed by atoms with E-state index in [1.165, 1.54) is 11.8 Å². The van der Waals surface area contributed by atoms with Crippen molar-refractivity contribution < 1.29 is 4.79 Å². The number of rotatable bonds is 7. The summed E-state index contributed by atoms with van der Waals surface area (Å²) in [5.41, 5.74) is 0.522. The first-order valence-corrected chi connectivity index (χ1v) is 9.68. The highest BCUT2D eigenvalue weighted by Crippen LogP contribution is 2.21. The number of carbonyl (C=O) groups excluding carboxylic acids is 1. The minimum absolute atomic E-state index is 0.0845. The average Bonchev–Trinajstić information content (AvgIpc) is 2.99. The molecule has 1 aromatic carbocycles. The molecule has 0 radical (unpaired) electrons. The molecule has 1 aromatic heterocycles. The van der Waals surface area contributed by atoms with Gasteiger partial charge in [0.1, 0.15) is 0 Å². The molecule has 1 saturated heterocycles. The topological polar surface area (TPSA) is 55.2 Å². The van der Waals surface area contributed by atoms with Gasteiger partial charge in [0.2, 0.25) is 5.91 Å². The third kappa shape index (κ3) is 4.07. The van der Waals surface area contributed by atoms with Crippen LogP contribution in [0.2, 0.25) is 5.02 Å². The third-order valence-electron chi connectivity index (χ3n) is 4.17. The second-order valence-corrected chi connectivity index (χ2v) is 7.45. The monoisotopic (exact) mass is 377 g/mol.